The van der Waals surface area contributed by atoms with Crippen molar-refractivity contribution in [3.05, 3.63) is 102 Å². The fourth-order valence-electron chi connectivity index (χ4n) is 2.67. The van der Waals surface area contributed by atoms with E-state index in [1.54, 1.807) is 0 Å². The molecule has 0 amide bonds. The molecule has 1 atom stereocenters. The van der Waals surface area contributed by atoms with Crippen LogP contribution in [0.15, 0.2) is 89.3 Å². The standard InChI is InChI=1S/C21H15NO.C3H7NO3/c1-3-9-16(10-4-1)15-18(17-11-5-2-6-12-17)21-22-19-13-7-8-14-20(19)23-21;4-2(1-5)3(6)7/h1-15H;2,5H,1,4H2,(H,6,7)/t;2-/m.0/s1. The smallest absolute Gasteiger partial charge is 0.322 e. The topological polar surface area (TPSA) is 110 Å². The molecule has 152 valence electrons. The van der Waals surface area contributed by atoms with E-state index >= 15 is 0 Å². The zero-order chi connectivity index (χ0) is 21.3. The first-order valence-corrected chi connectivity index (χ1v) is 9.36. The van der Waals surface area contributed by atoms with Crippen molar-refractivity contribution < 1.29 is 19.4 Å². The van der Waals surface area contributed by atoms with Crippen molar-refractivity contribution >= 4 is 28.7 Å². The summed E-state index contributed by atoms with van der Waals surface area (Å²) in [7, 11) is 0. The van der Waals surface area contributed by atoms with E-state index in [4.69, 9.17) is 20.4 Å². The van der Waals surface area contributed by atoms with Gasteiger partial charge in [0, 0.05) is 5.57 Å². The second-order valence-corrected chi connectivity index (χ2v) is 6.45. The highest BCUT2D eigenvalue weighted by Crippen LogP contribution is 2.28. The van der Waals surface area contributed by atoms with E-state index in [2.05, 4.69) is 35.3 Å². The molecular weight excluding hydrogens is 380 g/mol. The molecule has 1 aromatic heterocycles. The highest BCUT2D eigenvalue weighted by molar-refractivity contribution is 5.90. The molecule has 0 bridgehead atoms. The normalized spacial score (nSPS) is 12.1. The average Bonchev–Trinajstić information content (AvgIpc) is 3.22. The van der Waals surface area contributed by atoms with Gasteiger partial charge in [-0.1, -0.05) is 72.8 Å². The third-order valence-corrected chi connectivity index (χ3v) is 4.23. The van der Waals surface area contributed by atoms with Gasteiger partial charge in [-0.25, -0.2) is 4.98 Å². The molecule has 0 aliphatic carbocycles. The van der Waals surface area contributed by atoms with E-state index in [9.17, 15) is 4.79 Å². The molecule has 0 spiro atoms. The molecule has 0 saturated heterocycles. The van der Waals surface area contributed by atoms with Crippen molar-refractivity contribution in [1.29, 1.82) is 0 Å². The van der Waals surface area contributed by atoms with E-state index in [-0.39, 0.29) is 0 Å². The first-order valence-electron chi connectivity index (χ1n) is 9.36. The van der Waals surface area contributed by atoms with Gasteiger partial charge in [0.1, 0.15) is 11.6 Å². The van der Waals surface area contributed by atoms with E-state index in [0.717, 1.165) is 27.8 Å². The number of hydrogen-bond donors (Lipinski definition) is 3. The zero-order valence-corrected chi connectivity index (χ0v) is 16.2. The lowest BCUT2D eigenvalue weighted by atomic mass is 10.0. The Kier molecular flexibility index (Phi) is 7.10. The molecule has 0 radical (unpaired) electrons. The lowest BCUT2D eigenvalue weighted by molar-refractivity contribution is -0.139. The van der Waals surface area contributed by atoms with Crippen LogP contribution in [0.3, 0.4) is 0 Å². The van der Waals surface area contributed by atoms with Gasteiger partial charge in [-0.2, -0.15) is 0 Å². The van der Waals surface area contributed by atoms with Gasteiger partial charge in [-0.15, -0.1) is 0 Å². The molecule has 30 heavy (non-hydrogen) atoms. The lowest BCUT2D eigenvalue weighted by Crippen LogP contribution is -2.33. The second kappa shape index (κ2) is 10.2. The number of nitrogens with zero attached hydrogens (tertiary/aromatic N) is 1. The third-order valence-electron chi connectivity index (χ3n) is 4.23. The summed E-state index contributed by atoms with van der Waals surface area (Å²) in [6.45, 7) is -0.505. The molecule has 4 aromatic rings. The fourth-order valence-corrected chi connectivity index (χ4v) is 2.67. The Balaban J connectivity index is 0.000000318. The largest absolute Gasteiger partial charge is 0.480 e. The summed E-state index contributed by atoms with van der Waals surface area (Å²) in [6, 6.07) is 27.1. The van der Waals surface area contributed by atoms with Crippen molar-refractivity contribution in [2.24, 2.45) is 5.73 Å². The van der Waals surface area contributed by atoms with Gasteiger partial charge in [-0.05, 0) is 29.3 Å². The summed E-state index contributed by atoms with van der Waals surface area (Å²) in [4.78, 5) is 14.3. The first kappa shape index (κ1) is 21.0. The number of carboxylic acids is 1. The number of aliphatic hydroxyl groups excluding tert-OH is 1. The molecule has 0 saturated carbocycles. The summed E-state index contributed by atoms with van der Waals surface area (Å²) in [5.41, 5.74) is 9.63. The molecule has 6 nitrogen and oxygen atoms in total. The molecule has 3 aromatic carbocycles. The second-order valence-electron chi connectivity index (χ2n) is 6.45. The van der Waals surface area contributed by atoms with E-state index < -0.39 is 18.6 Å². The van der Waals surface area contributed by atoms with Gasteiger partial charge in [0.15, 0.2) is 5.58 Å². The van der Waals surface area contributed by atoms with E-state index in [0.29, 0.717) is 5.89 Å². The van der Waals surface area contributed by atoms with Gasteiger partial charge in [-0.3, -0.25) is 4.79 Å². The van der Waals surface area contributed by atoms with Crippen LogP contribution in [0.4, 0.5) is 0 Å². The Morgan fingerprint density at radius 2 is 1.57 bits per heavy atom. The van der Waals surface area contributed by atoms with Crippen LogP contribution >= 0.6 is 0 Å². The molecule has 1 heterocycles. The number of benzene rings is 3. The highest BCUT2D eigenvalue weighted by Gasteiger charge is 2.12. The monoisotopic (exact) mass is 402 g/mol. The Labute approximate surface area is 173 Å². The number of oxazole rings is 1. The van der Waals surface area contributed by atoms with Gasteiger partial charge in [0.25, 0.3) is 0 Å². The zero-order valence-electron chi connectivity index (χ0n) is 16.2. The number of aliphatic carboxylic acids is 1. The van der Waals surface area contributed by atoms with Crippen molar-refractivity contribution in [3.8, 4) is 0 Å². The molecule has 0 fully saturated rings. The molecule has 0 unspecified atom stereocenters. The van der Waals surface area contributed by atoms with Crippen LogP contribution in [-0.2, 0) is 4.79 Å². The molecule has 0 aliphatic rings. The van der Waals surface area contributed by atoms with Crippen molar-refractivity contribution in [3.63, 3.8) is 0 Å². The number of fused-ring (bicyclic) bond motifs is 1. The first-order chi connectivity index (χ1) is 14.6. The van der Waals surface area contributed by atoms with Crippen LogP contribution in [0.5, 0.6) is 0 Å². The Morgan fingerprint density at radius 1 is 0.967 bits per heavy atom. The summed E-state index contributed by atoms with van der Waals surface area (Å²) < 4.78 is 5.98. The Morgan fingerprint density at radius 3 is 2.13 bits per heavy atom. The quantitative estimate of drug-likeness (QED) is 0.438. The number of hydrogen-bond acceptors (Lipinski definition) is 5. The third kappa shape index (κ3) is 5.41. The minimum absolute atomic E-state index is 0.505. The maximum absolute atomic E-state index is 9.65. The van der Waals surface area contributed by atoms with E-state index in [1.165, 1.54) is 0 Å². The lowest BCUT2D eigenvalue weighted by Gasteiger charge is -2.04. The average molecular weight is 402 g/mol. The number of carbonyl (C=O) groups is 1. The summed E-state index contributed by atoms with van der Waals surface area (Å²) in [5, 5.41) is 15.9. The minimum atomic E-state index is -1.18. The molecule has 4 rings (SSSR count). The van der Waals surface area contributed by atoms with Crippen LogP contribution in [-0.4, -0.2) is 33.8 Å². The van der Waals surface area contributed by atoms with Crippen LogP contribution in [0.1, 0.15) is 17.0 Å². The predicted molar refractivity (Wildman–Crippen MR) is 117 cm³/mol. The number of para-hydroxylation sites is 2. The predicted octanol–water partition coefficient (Wildman–Crippen LogP) is 3.81. The highest BCUT2D eigenvalue weighted by atomic mass is 16.4. The summed E-state index contributed by atoms with van der Waals surface area (Å²) in [6.07, 6.45) is 2.11. The number of carboxylic acid groups (broad SMARTS) is 1. The van der Waals surface area contributed by atoms with Crippen LogP contribution < -0.4 is 5.73 Å². The van der Waals surface area contributed by atoms with Gasteiger partial charge >= 0.3 is 5.97 Å². The van der Waals surface area contributed by atoms with Gasteiger partial charge < -0.3 is 20.4 Å². The number of nitrogens with two attached hydrogens (primary N) is 1. The van der Waals surface area contributed by atoms with Gasteiger partial charge in [0.2, 0.25) is 5.89 Å². The van der Waals surface area contributed by atoms with Crippen molar-refractivity contribution in [2.45, 2.75) is 6.04 Å². The van der Waals surface area contributed by atoms with Crippen LogP contribution in [0.25, 0.3) is 22.7 Å². The summed E-state index contributed by atoms with van der Waals surface area (Å²) in [5.74, 6) is -0.538. The number of aromatic nitrogens is 1. The van der Waals surface area contributed by atoms with Gasteiger partial charge in [0.05, 0.1) is 6.61 Å². The van der Waals surface area contributed by atoms with Crippen LogP contribution in [0.2, 0.25) is 0 Å². The Bertz CT molecular complexity index is 1090. The van der Waals surface area contributed by atoms with Crippen molar-refractivity contribution in [1.82, 2.24) is 4.98 Å². The molecular formula is C24H22N2O4. The molecule has 6 heteroatoms. The maximum atomic E-state index is 9.65. The maximum Gasteiger partial charge on any atom is 0.322 e. The molecule has 4 N–H and O–H groups in total. The summed E-state index contributed by atoms with van der Waals surface area (Å²) >= 11 is 0. The van der Waals surface area contributed by atoms with Crippen molar-refractivity contribution in [2.75, 3.05) is 6.61 Å². The fraction of sp³-hybridized carbons (Fsp3) is 0.0833. The SMILES string of the molecule is C(=C(c1ccccc1)c1nc2ccccc2o1)c1ccccc1.N[C@@H](CO)C(=O)O. The number of rotatable bonds is 5. The minimum Gasteiger partial charge on any atom is -0.480 e. The molecule has 0 aliphatic heterocycles. The van der Waals surface area contributed by atoms with E-state index in [1.807, 2.05) is 60.7 Å². The Hall–Kier alpha value is -3.74. The van der Waals surface area contributed by atoms with Crippen LogP contribution in [0, 0.1) is 0 Å². The number of aliphatic hydroxyl groups is 1.